The van der Waals surface area contributed by atoms with Crippen molar-refractivity contribution in [2.75, 3.05) is 63.3 Å². The van der Waals surface area contributed by atoms with Gasteiger partial charge in [0.15, 0.2) is 0 Å². The average Bonchev–Trinajstić information content (AvgIpc) is 3.63. The van der Waals surface area contributed by atoms with Crippen LogP contribution in [-0.4, -0.2) is 85.5 Å². The number of likely N-dealkylation sites (tertiary alicyclic amines) is 1. The van der Waals surface area contributed by atoms with Crippen LogP contribution < -0.4 is 19.9 Å². The maximum absolute atomic E-state index is 9.26. The molecule has 7 rings (SSSR count). The van der Waals surface area contributed by atoms with E-state index in [1.54, 1.807) is 7.11 Å². The van der Waals surface area contributed by atoms with E-state index in [0.717, 1.165) is 63.4 Å². The van der Waals surface area contributed by atoms with Gasteiger partial charge in [-0.25, -0.2) is 0 Å². The van der Waals surface area contributed by atoms with Gasteiger partial charge < -0.3 is 29.9 Å². The summed E-state index contributed by atoms with van der Waals surface area (Å²) in [5.41, 5.74) is 4.99. The van der Waals surface area contributed by atoms with Gasteiger partial charge in [0.25, 0.3) is 0 Å². The molecule has 2 N–H and O–H groups in total. The molecule has 3 saturated heterocycles. The van der Waals surface area contributed by atoms with Crippen LogP contribution in [0.3, 0.4) is 0 Å². The SMILES string of the molecule is CN1CCCC1.COc1nc2c(c(N3CC4CCC(C3)N4)n1)CCN(c1cccc3cccc(CCCCO)c13)C2. The van der Waals surface area contributed by atoms with Gasteiger partial charge in [-0.15, -0.1) is 0 Å². The number of rotatable bonds is 7. The number of unbranched alkanes of at least 4 members (excludes halogenated alkanes) is 1. The zero-order valence-electron chi connectivity index (χ0n) is 24.8. The van der Waals surface area contributed by atoms with Gasteiger partial charge in [0.1, 0.15) is 5.82 Å². The largest absolute Gasteiger partial charge is 0.467 e. The first-order chi connectivity index (χ1) is 20.1. The van der Waals surface area contributed by atoms with Crippen LogP contribution in [0.15, 0.2) is 36.4 Å². The molecule has 2 bridgehead atoms. The summed E-state index contributed by atoms with van der Waals surface area (Å²) in [6.45, 7) is 6.60. The van der Waals surface area contributed by atoms with E-state index in [2.05, 4.69) is 63.5 Å². The monoisotopic (exact) mass is 558 g/mol. The second kappa shape index (κ2) is 12.9. The summed E-state index contributed by atoms with van der Waals surface area (Å²) in [7, 11) is 3.84. The summed E-state index contributed by atoms with van der Waals surface area (Å²) >= 11 is 0. The highest BCUT2D eigenvalue weighted by molar-refractivity contribution is 5.97. The number of piperazine rings is 1. The summed E-state index contributed by atoms with van der Waals surface area (Å²) in [5, 5.41) is 15.6. The predicted molar refractivity (Wildman–Crippen MR) is 166 cm³/mol. The molecule has 1 aromatic heterocycles. The standard InChI is InChI=1S/C28H35N5O2.C5H11N/c1-35-28-30-24-18-32(14-13-23(24)27(31-28)33-16-21-11-12-22(17-33)29-21)25-10-5-9-20-8-4-7-19(26(20)25)6-2-3-15-34;1-6-4-2-3-5-6/h4-5,7-10,21-22,29,34H,2-3,6,11-18H2,1H3;2-5H2,1H3. The molecule has 4 aliphatic rings. The summed E-state index contributed by atoms with van der Waals surface area (Å²) in [5.74, 6) is 1.08. The number of nitrogens with zero attached hydrogens (tertiary/aromatic N) is 5. The molecular formula is C33H46N6O2. The Hall–Kier alpha value is -2.94. The fourth-order valence-electron chi connectivity index (χ4n) is 7.09. The lowest BCUT2D eigenvalue weighted by Crippen LogP contribution is -2.52. The molecule has 3 aromatic rings. The van der Waals surface area contributed by atoms with Crippen LogP contribution >= 0.6 is 0 Å². The number of benzene rings is 2. The highest BCUT2D eigenvalue weighted by Gasteiger charge is 2.35. The van der Waals surface area contributed by atoms with Gasteiger partial charge in [-0.3, -0.25) is 0 Å². The number of nitrogens with one attached hydrogen (secondary N) is 1. The van der Waals surface area contributed by atoms with E-state index in [-0.39, 0.29) is 6.61 Å². The molecule has 0 saturated carbocycles. The van der Waals surface area contributed by atoms with Crippen molar-refractivity contribution in [3.63, 3.8) is 0 Å². The first kappa shape index (κ1) is 28.2. The molecule has 0 aliphatic carbocycles. The average molecular weight is 559 g/mol. The molecule has 5 heterocycles. The number of aliphatic hydroxyl groups excluding tert-OH is 1. The number of ether oxygens (including phenoxy) is 1. The molecule has 41 heavy (non-hydrogen) atoms. The molecule has 2 aromatic carbocycles. The first-order valence-electron chi connectivity index (χ1n) is 15.6. The van der Waals surface area contributed by atoms with Crippen molar-refractivity contribution >= 4 is 22.3 Å². The van der Waals surface area contributed by atoms with Gasteiger partial charge >= 0.3 is 6.01 Å². The molecule has 0 radical (unpaired) electrons. The van der Waals surface area contributed by atoms with Gasteiger partial charge in [0.05, 0.1) is 19.3 Å². The van der Waals surface area contributed by atoms with E-state index >= 15 is 0 Å². The van der Waals surface area contributed by atoms with Crippen molar-refractivity contribution in [3.05, 3.63) is 53.2 Å². The van der Waals surface area contributed by atoms with Crippen LogP contribution in [0, 0.1) is 0 Å². The molecule has 8 nitrogen and oxygen atoms in total. The van der Waals surface area contributed by atoms with Crippen LogP contribution in [0.2, 0.25) is 0 Å². The Labute approximate surface area is 244 Å². The minimum atomic E-state index is 0.249. The summed E-state index contributed by atoms with van der Waals surface area (Å²) < 4.78 is 5.56. The number of aromatic nitrogens is 2. The Kier molecular flexibility index (Phi) is 8.89. The maximum Gasteiger partial charge on any atom is 0.318 e. The third-order valence-electron chi connectivity index (χ3n) is 9.21. The topological polar surface area (TPSA) is 77.0 Å². The zero-order valence-corrected chi connectivity index (χ0v) is 24.8. The molecule has 220 valence electrons. The Balaban J connectivity index is 0.000000449. The number of aliphatic hydroxyl groups is 1. The number of aryl methyl sites for hydroxylation is 1. The zero-order chi connectivity index (χ0) is 28.2. The van der Waals surface area contributed by atoms with Gasteiger partial charge in [0.2, 0.25) is 0 Å². The predicted octanol–water partition coefficient (Wildman–Crippen LogP) is 4.17. The van der Waals surface area contributed by atoms with E-state index in [9.17, 15) is 5.11 Å². The molecule has 3 fully saturated rings. The van der Waals surface area contributed by atoms with E-state index in [1.165, 1.54) is 66.4 Å². The Morgan fingerprint density at radius 3 is 2.39 bits per heavy atom. The summed E-state index contributed by atoms with van der Waals surface area (Å²) in [6.07, 6.45) is 9.06. The third-order valence-corrected chi connectivity index (χ3v) is 9.21. The van der Waals surface area contributed by atoms with Crippen LogP contribution in [0.5, 0.6) is 6.01 Å². The lowest BCUT2D eigenvalue weighted by atomic mass is 9.96. The lowest BCUT2D eigenvalue weighted by Gasteiger charge is -2.37. The Morgan fingerprint density at radius 2 is 1.71 bits per heavy atom. The third kappa shape index (κ3) is 6.30. The molecule has 0 spiro atoms. The normalized spacial score (nSPS) is 22.0. The second-order valence-corrected chi connectivity index (χ2v) is 12.2. The maximum atomic E-state index is 9.26. The van der Waals surface area contributed by atoms with Gasteiger partial charge in [-0.2, -0.15) is 9.97 Å². The van der Waals surface area contributed by atoms with Crippen LogP contribution in [0.4, 0.5) is 11.5 Å². The molecular weight excluding hydrogens is 512 g/mol. The van der Waals surface area contributed by atoms with Gasteiger partial charge in [-0.1, -0.05) is 30.3 Å². The minimum absolute atomic E-state index is 0.249. The highest BCUT2D eigenvalue weighted by Crippen LogP contribution is 2.36. The molecule has 8 heteroatoms. The summed E-state index contributed by atoms with van der Waals surface area (Å²) in [6, 6.07) is 14.8. The molecule has 0 amide bonds. The Bertz CT molecular complexity index is 1310. The minimum Gasteiger partial charge on any atom is -0.467 e. The van der Waals surface area contributed by atoms with E-state index in [4.69, 9.17) is 14.7 Å². The molecule has 4 aliphatic heterocycles. The van der Waals surface area contributed by atoms with Crippen molar-refractivity contribution in [1.82, 2.24) is 20.2 Å². The number of hydrogen-bond donors (Lipinski definition) is 2. The number of hydrogen-bond acceptors (Lipinski definition) is 8. The van der Waals surface area contributed by atoms with Crippen LogP contribution in [0.1, 0.15) is 55.3 Å². The quantitative estimate of drug-likeness (QED) is 0.419. The number of methoxy groups -OCH3 is 1. The van der Waals surface area contributed by atoms with E-state index in [1.807, 2.05) is 0 Å². The number of anilines is 2. The lowest BCUT2D eigenvalue weighted by molar-refractivity contribution is 0.284. The Morgan fingerprint density at radius 1 is 0.951 bits per heavy atom. The fraction of sp³-hybridized carbons (Fsp3) is 0.576. The van der Waals surface area contributed by atoms with Crippen LogP contribution in [-0.2, 0) is 19.4 Å². The summed E-state index contributed by atoms with van der Waals surface area (Å²) in [4.78, 5) is 17.0. The van der Waals surface area contributed by atoms with Crippen molar-refractivity contribution in [3.8, 4) is 6.01 Å². The van der Waals surface area contributed by atoms with Crippen LogP contribution in [0.25, 0.3) is 10.8 Å². The molecule has 2 atom stereocenters. The van der Waals surface area contributed by atoms with Crippen molar-refractivity contribution in [1.29, 1.82) is 0 Å². The second-order valence-electron chi connectivity index (χ2n) is 12.2. The van der Waals surface area contributed by atoms with Crippen molar-refractivity contribution in [2.45, 2.75) is 70.0 Å². The fourth-order valence-corrected chi connectivity index (χ4v) is 7.09. The number of fused-ring (bicyclic) bond motifs is 4. The smallest absolute Gasteiger partial charge is 0.318 e. The van der Waals surface area contributed by atoms with Crippen molar-refractivity contribution in [2.24, 2.45) is 0 Å². The van der Waals surface area contributed by atoms with Gasteiger partial charge in [0, 0.05) is 55.0 Å². The van der Waals surface area contributed by atoms with E-state index < -0.39 is 0 Å². The van der Waals surface area contributed by atoms with Gasteiger partial charge in [-0.05, 0) is 88.5 Å². The first-order valence-corrected chi connectivity index (χ1v) is 15.6. The van der Waals surface area contributed by atoms with Crippen molar-refractivity contribution < 1.29 is 9.84 Å². The highest BCUT2D eigenvalue weighted by atomic mass is 16.5. The molecule has 2 unspecified atom stereocenters. The van der Waals surface area contributed by atoms with E-state index in [0.29, 0.717) is 18.1 Å².